The Morgan fingerprint density at radius 1 is 1.47 bits per heavy atom. The van der Waals surface area contributed by atoms with Crippen molar-refractivity contribution in [3.05, 3.63) is 44.3 Å². The fraction of sp³-hybridized carbons (Fsp3) is 0.214. The van der Waals surface area contributed by atoms with Crippen LogP contribution in [0.2, 0.25) is 0 Å². The zero-order valence-electron chi connectivity index (χ0n) is 10.3. The van der Waals surface area contributed by atoms with Crippen LogP contribution in [0.25, 0.3) is 0 Å². The SMILES string of the molecule is CC(NC(=O)c1sccc1C#CCO)c1ccsc1. The lowest BCUT2D eigenvalue weighted by atomic mass is 10.1. The van der Waals surface area contributed by atoms with E-state index in [2.05, 4.69) is 17.2 Å². The van der Waals surface area contributed by atoms with Crippen molar-refractivity contribution in [1.29, 1.82) is 0 Å². The monoisotopic (exact) mass is 291 g/mol. The Bertz CT molecular complexity index is 605. The third-order valence-electron chi connectivity index (χ3n) is 2.56. The fourth-order valence-electron chi connectivity index (χ4n) is 1.59. The second kappa shape index (κ2) is 6.53. The summed E-state index contributed by atoms with van der Waals surface area (Å²) in [5, 5.41) is 17.5. The predicted octanol–water partition coefficient (Wildman–Crippen LogP) is 2.64. The van der Waals surface area contributed by atoms with Gasteiger partial charge in [0.25, 0.3) is 5.91 Å². The van der Waals surface area contributed by atoms with Gasteiger partial charge in [-0.25, -0.2) is 0 Å². The first-order valence-electron chi connectivity index (χ1n) is 5.72. The molecule has 0 aromatic carbocycles. The topological polar surface area (TPSA) is 49.3 Å². The molecule has 1 atom stereocenters. The van der Waals surface area contributed by atoms with Crippen molar-refractivity contribution < 1.29 is 9.90 Å². The smallest absolute Gasteiger partial charge is 0.263 e. The highest BCUT2D eigenvalue weighted by Crippen LogP contribution is 2.19. The number of rotatable bonds is 3. The molecule has 0 saturated heterocycles. The van der Waals surface area contributed by atoms with Gasteiger partial charge in [0.2, 0.25) is 0 Å². The lowest BCUT2D eigenvalue weighted by Crippen LogP contribution is -2.26. The van der Waals surface area contributed by atoms with E-state index in [0.29, 0.717) is 10.4 Å². The summed E-state index contributed by atoms with van der Waals surface area (Å²) in [5.41, 5.74) is 1.76. The van der Waals surface area contributed by atoms with Gasteiger partial charge in [-0.05, 0) is 40.8 Å². The Morgan fingerprint density at radius 3 is 3.00 bits per heavy atom. The quantitative estimate of drug-likeness (QED) is 0.854. The summed E-state index contributed by atoms with van der Waals surface area (Å²) in [6.45, 7) is 1.74. The number of carbonyl (C=O) groups excluding carboxylic acids is 1. The molecule has 0 aliphatic rings. The summed E-state index contributed by atoms with van der Waals surface area (Å²) in [6.07, 6.45) is 0. The minimum absolute atomic E-state index is 0.0282. The molecule has 2 heterocycles. The van der Waals surface area contributed by atoms with E-state index in [1.807, 2.05) is 29.1 Å². The number of hydrogen-bond donors (Lipinski definition) is 2. The van der Waals surface area contributed by atoms with Gasteiger partial charge < -0.3 is 10.4 Å². The van der Waals surface area contributed by atoms with Crippen molar-refractivity contribution >= 4 is 28.6 Å². The maximum Gasteiger partial charge on any atom is 0.263 e. The van der Waals surface area contributed by atoms with Gasteiger partial charge in [-0.3, -0.25) is 4.79 Å². The summed E-state index contributed by atoms with van der Waals surface area (Å²) in [5.74, 6) is 5.22. The molecule has 2 N–H and O–H groups in total. The molecule has 2 aromatic heterocycles. The van der Waals surface area contributed by atoms with Crippen LogP contribution in [-0.2, 0) is 0 Å². The van der Waals surface area contributed by atoms with E-state index in [4.69, 9.17) is 5.11 Å². The van der Waals surface area contributed by atoms with E-state index in [9.17, 15) is 4.79 Å². The van der Waals surface area contributed by atoms with E-state index < -0.39 is 0 Å². The fourth-order valence-corrected chi connectivity index (χ4v) is 3.09. The number of hydrogen-bond acceptors (Lipinski definition) is 4. The number of aliphatic hydroxyl groups excluding tert-OH is 1. The molecule has 2 aromatic rings. The Kier molecular flexibility index (Phi) is 4.74. The molecule has 3 nitrogen and oxygen atoms in total. The third-order valence-corrected chi connectivity index (χ3v) is 4.18. The molecule has 19 heavy (non-hydrogen) atoms. The van der Waals surface area contributed by atoms with Gasteiger partial charge in [0.05, 0.1) is 6.04 Å². The highest BCUT2D eigenvalue weighted by atomic mass is 32.1. The Morgan fingerprint density at radius 2 is 2.32 bits per heavy atom. The van der Waals surface area contributed by atoms with Crippen LogP contribution in [-0.4, -0.2) is 17.6 Å². The van der Waals surface area contributed by atoms with Crippen LogP contribution >= 0.6 is 22.7 Å². The molecule has 1 amide bonds. The van der Waals surface area contributed by atoms with Crippen LogP contribution in [0, 0.1) is 11.8 Å². The third kappa shape index (κ3) is 3.44. The van der Waals surface area contributed by atoms with Crippen molar-refractivity contribution in [2.45, 2.75) is 13.0 Å². The van der Waals surface area contributed by atoms with Gasteiger partial charge in [0, 0.05) is 5.56 Å². The minimum atomic E-state index is -0.206. The van der Waals surface area contributed by atoms with Crippen LogP contribution in [0.5, 0.6) is 0 Å². The van der Waals surface area contributed by atoms with Crippen LogP contribution in [0.4, 0.5) is 0 Å². The Hall–Kier alpha value is -1.61. The molecule has 1 unspecified atom stereocenters. The molecule has 0 fully saturated rings. The van der Waals surface area contributed by atoms with Crippen molar-refractivity contribution in [3.63, 3.8) is 0 Å². The highest BCUT2D eigenvalue weighted by molar-refractivity contribution is 7.12. The molecular formula is C14H13NO2S2. The van der Waals surface area contributed by atoms with Gasteiger partial charge in [-0.2, -0.15) is 11.3 Å². The van der Waals surface area contributed by atoms with E-state index in [1.54, 1.807) is 17.4 Å². The molecule has 0 aliphatic carbocycles. The zero-order chi connectivity index (χ0) is 13.7. The number of amides is 1. The largest absolute Gasteiger partial charge is 0.384 e. The van der Waals surface area contributed by atoms with Crippen LogP contribution < -0.4 is 5.32 Å². The molecule has 0 aliphatic heterocycles. The van der Waals surface area contributed by atoms with Gasteiger partial charge in [0.1, 0.15) is 11.5 Å². The normalized spacial score (nSPS) is 11.5. The average molecular weight is 291 g/mol. The second-order valence-electron chi connectivity index (χ2n) is 3.88. The Balaban J connectivity index is 2.10. The van der Waals surface area contributed by atoms with E-state index >= 15 is 0 Å². The molecule has 0 saturated carbocycles. The molecule has 0 bridgehead atoms. The minimum Gasteiger partial charge on any atom is -0.384 e. The van der Waals surface area contributed by atoms with Gasteiger partial charge in [-0.1, -0.05) is 11.8 Å². The van der Waals surface area contributed by atoms with Gasteiger partial charge in [-0.15, -0.1) is 11.3 Å². The van der Waals surface area contributed by atoms with E-state index in [0.717, 1.165) is 5.56 Å². The summed E-state index contributed by atoms with van der Waals surface area (Å²) in [4.78, 5) is 12.8. The maximum atomic E-state index is 12.2. The summed E-state index contributed by atoms with van der Waals surface area (Å²) in [6, 6.07) is 3.76. The number of thiophene rings is 2. The van der Waals surface area contributed by atoms with Crippen molar-refractivity contribution in [2.24, 2.45) is 0 Å². The number of aliphatic hydroxyl groups is 1. The molecular weight excluding hydrogens is 278 g/mol. The molecule has 5 heteroatoms. The van der Waals surface area contributed by atoms with Gasteiger partial charge >= 0.3 is 0 Å². The van der Waals surface area contributed by atoms with Crippen LogP contribution in [0.1, 0.15) is 33.8 Å². The molecule has 98 valence electrons. The highest BCUT2D eigenvalue weighted by Gasteiger charge is 2.15. The van der Waals surface area contributed by atoms with Crippen molar-refractivity contribution in [2.75, 3.05) is 6.61 Å². The van der Waals surface area contributed by atoms with E-state index in [1.165, 1.54) is 11.3 Å². The average Bonchev–Trinajstić information content (AvgIpc) is 3.07. The first kappa shape index (κ1) is 13.8. The standard InChI is InChI=1S/C14H13NO2S2/c1-10(12-4-7-18-9-12)15-14(17)13-11(3-2-6-16)5-8-19-13/h4-5,7-10,16H,6H2,1H3,(H,15,17). The second-order valence-corrected chi connectivity index (χ2v) is 5.57. The first-order chi connectivity index (χ1) is 9.22. The number of nitrogens with one attached hydrogen (secondary N) is 1. The van der Waals surface area contributed by atoms with Crippen molar-refractivity contribution in [3.8, 4) is 11.8 Å². The van der Waals surface area contributed by atoms with Crippen molar-refractivity contribution in [1.82, 2.24) is 5.32 Å². The zero-order valence-corrected chi connectivity index (χ0v) is 12.0. The summed E-state index contributed by atoms with van der Waals surface area (Å²) in [7, 11) is 0. The number of carbonyl (C=O) groups is 1. The first-order valence-corrected chi connectivity index (χ1v) is 7.54. The molecule has 0 spiro atoms. The lowest BCUT2D eigenvalue weighted by molar-refractivity contribution is 0.0944. The van der Waals surface area contributed by atoms with Crippen LogP contribution in [0.3, 0.4) is 0 Å². The van der Waals surface area contributed by atoms with Gasteiger partial charge in [0.15, 0.2) is 0 Å². The summed E-state index contributed by atoms with van der Waals surface area (Å²) >= 11 is 2.96. The predicted molar refractivity (Wildman–Crippen MR) is 78.5 cm³/mol. The Labute approximate surface area is 119 Å². The maximum absolute atomic E-state index is 12.2. The molecule has 2 rings (SSSR count). The van der Waals surface area contributed by atoms with Crippen LogP contribution in [0.15, 0.2) is 28.3 Å². The lowest BCUT2D eigenvalue weighted by Gasteiger charge is -2.11. The van der Waals surface area contributed by atoms with E-state index in [-0.39, 0.29) is 18.6 Å². The summed E-state index contributed by atoms with van der Waals surface area (Å²) < 4.78 is 0. The molecule has 0 radical (unpaired) electrons.